The molecule has 0 bridgehead atoms. The van der Waals surface area contributed by atoms with Gasteiger partial charge in [0.2, 0.25) is 0 Å². The minimum atomic E-state index is -0.307. The molecular formula is C14H16N2. The van der Waals surface area contributed by atoms with Crippen LogP contribution in [0.1, 0.15) is 19.4 Å². The fourth-order valence-corrected chi connectivity index (χ4v) is 1.63. The molecule has 0 fully saturated rings. The molecule has 0 saturated heterocycles. The van der Waals surface area contributed by atoms with Gasteiger partial charge >= 0.3 is 0 Å². The second-order valence-corrected chi connectivity index (χ2v) is 4.54. The lowest BCUT2D eigenvalue weighted by atomic mass is 9.93. The van der Waals surface area contributed by atoms with E-state index in [9.17, 15) is 0 Å². The lowest BCUT2D eigenvalue weighted by Crippen LogP contribution is -2.28. The van der Waals surface area contributed by atoms with Gasteiger partial charge in [-0.1, -0.05) is 24.3 Å². The predicted octanol–water partition coefficient (Wildman–Crippen LogP) is 2.94. The number of aromatic nitrogens is 1. The number of rotatable bonds is 2. The lowest BCUT2D eigenvalue weighted by molar-refractivity contribution is 0.554. The minimum Gasteiger partial charge on any atom is -0.322 e. The highest BCUT2D eigenvalue weighted by molar-refractivity contribution is 5.63. The Balaban J connectivity index is 2.45. The molecule has 0 atom stereocenters. The van der Waals surface area contributed by atoms with Gasteiger partial charge in [0.05, 0.1) is 0 Å². The fraction of sp³-hybridized carbons (Fsp3) is 0.214. The summed E-state index contributed by atoms with van der Waals surface area (Å²) in [7, 11) is 0. The topological polar surface area (TPSA) is 38.9 Å². The molecule has 2 nitrogen and oxygen atoms in total. The van der Waals surface area contributed by atoms with Crippen LogP contribution in [0.4, 0.5) is 0 Å². The van der Waals surface area contributed by atoms with Crippen molar-refractivity contribution in [1.82, 2.24) is 4.98 Å². The summed E-state index contributed by atoms with van der Waals surface area (Å²) in [6, 6.07) is 12.3. The van der Waals surface area contributed by atoms with E-state index < -0.39 is 0 Å². The van der Waals surface area contributed by atoms with Crippen LogP contribution in [0.2, 0.25) is 0 Å². The normalized spacial score (nSPS) is 11.4. The van der Waals surface area contributed by atoms with Crippen LogP contribution in [-0.2, 0) is 5.54 Å². The van der Waals surface area contributed by atoms with Crippen molar-refractivity contribution in [2.75, 3.05) is 0 Å². The van der Waals surface area contributed by atoms with Gasteiger partial charge in [-0.3, -0.25) is 4.98 Å². The van der Waals surface area contributed by atoms with Gasteiger partial charge in [0.25, 0.3) is 0 Å². The van der Waals surface area contributed by atoms with Crippen molar-refractivity contribution in [1.29, 1.82) is 0 Å². The van der Waals surface area contributed by atoms with E-state index in [4.69, 9.17) is 5.73 Å². The average molecular weight is 212 g/mol. The SMILES string of the molecule is CC(C)(N)c1cccc(-c2cccnc2)c1. The maximum atomic E-state index is 6.09. The summed E-state index contributed by atoms with van der Waals surface area (Å²) < 4.78 is 0. The predicted molar refractivity (Wildman–Crippen MR) is 66.9 cm³/mol. The highest BCUT2D eigenvalue weighted by atomic mass is 14.7. The summed E-state index contributed by atoms with van der Waals surface area (Å²) in [4.78, 5) is 4.12. The van der Waals surface area contributed by atoms with Crippen LogP contribution >= 0.6 is 0 Å². The summed E-state index contributed by atoms with van der Waals surface area (Å²) in [5, 5.41) is 0. The summed E-state index contributed by atoms with van der Waals surface area (Å²) in [6.07, 6.45) is 3.64. The Labute approximate surface area is 96.1 Å². The van der Waals surface area contributed by atoms with E-state index in [-0.39, 0.29) is 5.54 Å². The summed E-state index contributed by atoms with van der Waals surface area (Å²) >= 11 is 0. The van der Waals surface area contributed by atoms with Crippen LogP contribution in [0, 0.1) is 0 Å². The number of hydrogen-bond acceptors (Lipinski definition) is 2. The Hall–Kier alpha value is -1.67. The largest absolute Gasteiger partial charge is 0.322 e. The van der Waals surface area contributed by atoms with Crippen molar-refractivity contribution in [2.24, 2.45) is 5.73 Å². The van der Waals surface area contributed by atoms with Crippen molar-refractivity contribution >= 4 is 0 Å². The molecule has 82 valence electrons. The lowest BCUT2D eigenvalue weighted by Gasteiger charge is -2.19. The maximum absolute atomic E-state index is 6.09. The van der Waals surface area contributed by atoms with Crippen LogP contribution in [0.25, 0.3) is 11.1 Å². The van der Waals surface area contributed by atoms with Crippen LogP contribution in [0.5, 0.6) is 0 Å². The van der Waals surface area contributed by atoms with Crippen LogP contribution < -0.4 is 5.73 Å². The van der Waals surface area contributed by atoms with Crippen LogP contribution in [-0.4, -0.2) is 4.98 Å². The maximum Gasteiger partial charge on any atom is 0.0352 e. The molecular weight excluding hydrogens is 196 g/mol. The van der Waals surface area contributed by atoms with Gasteiger partial charge in [-0.05, 0) is 42.7 Å². The molecule has 0 aliphatic heterocycles. The molecule has 0 aliphatic rings. The van der Waals surface area contributed by atoms with Gasteiger partial charge in [-0.15, -0.1) is 0 Å². The van der Waals surface area contributed by atoms with Crippen LogP contribution in [0.15, 0.2) is 48.8 Å². The molecule has 1 aromatic carbocycles. The molecule has 1 heterocycles. The van der Waals surface area contributed by atoms with Gasteiger partial charge < -0.3 is 5.73 Å². The molecule has 2 rings (SSSR count). The smallest absolute Gasteiger partial charge is 0.0352 e. The Bertz CT molecular complexity index is 470. The van der Waals surface area contributed by atoms with E-state index in [1.165, 1.54) is 0 Å². The van der Waals surface area contributed by atoms with E-state index >= 15 is 0 Å². The third-order valence-electron chi connectivity index (χ3n) is 2.60. The van der Waals surface area contributed by atoms with E-state index in [0.717, 1.165) is 16.7 Å². The van der Waals surface area contributed by atoms with Gasteiger partial charge in [0.15, 0.2) is 0 Å². The summed E-state index contributed by atoms with van der Waals surface area (Å²) in [5.41, 5.74) is 9.19. The zero-order chi connectivity index (χ0) is 11.6. The van der Waals surface area contributed by atoms with Crippen molar-refractivity contribution in [3.05, 3.63) is 54.4 Å². The van der Waals surface area contributed by atoms with Crippen molar-refractivity contribution in [3.63, 3.8) is 0 Å². The number of pyridine rings is 1. The first-order chi connectivity index (χ1) is 7.57. The van der Waals surface area contributed by atoms with Crippen molar-refractivity contribution in [2.45, 2.75) is 19.4 Å². The Morgan fingerprint density at radius 2 is 1.81 bits per heavy atom. The Morgan fingerprint density at radius 1 is 1.06 bits per heavy atom. The van der Waals surface area contributed by atoms with E-state index in [1.807, 2.05) is 32.2 Å². The molecule has 16 heavy (non-hydrogen) atoms. The zero-order valence-corrected chi connectivity index (χ0v) is 9.64. The quantitative estimate of drug-likeness (QED) is 0.831. The highest BCUT2D eigenvalue weighted by Gasteiger charge is 2.14. The second-order valence-electron chi connectivity index (χ2n) is 4.54. The van der Waals surface area contributed by atoms with Gasteiger partial charge in [-0.25, -0.2) is 0 Å². The first-order valence-electron chi connectivity index (χ1n) is 5.37. The molecule has 2 heteroatoms. The molecule has 0 unspecified atom stereocenters. The van der Waals surface area contributed by atoms with E-state index in [0.29, 0.717) is 0 Å². The molecule has 0 radical (unpaired) electrons. The number of nitrogens with two attached hydrogens (primary N) is 1. The van der Waals surface area contributed by atoms with Crippen molar-refractivity contribution in [3.8, 4) is 11.1 Å². The molecule has 2 N–H and O–H groups in total. The number of nitrogens with zero attached hydrogens (tertiary/aromatic N) is 1. The summed E-state index contributed by atoms with van der Waals surface area (Å²) in [5.74, 6) is 0. The standard InChI is InChI=1S/C14H16N2/c1-14(2,15)13-7-3-5-11(9-13)12-6-4-8-16-10-12/h3-10H,15H2,1-2H3. The van der Waals surface area contributed by atoms with Gasteiger partial charge in [0, 0.05) is 17.9 Å². The second kappa shape index (κ2) is 4.06. The Kier molecular flexibility index (Phi) is 2.75. The molecule has 0 aliphatic carbocycles. The fourth-order valence-electron chi connectivity index (χ4n) is 1.63. The molecule has 2 aromatic rings. The zero-order valence-electron chi connectivity index (χ0n) is 9.64. The molecule has 0 spiro atoms. The highest BCUT2D eigenvalue weighted by Crippen LogP contribution is 2.24. The van der Waals surface area contributed by atoms with E-state index in [1.54, 1.807) is 6.20 Å². The molecule has 0 amide bonds. The van der Waals surface area contributed by atoms with Gasteiger partial charge in [-0.2, -0.15) is 0 Å². The first kappa shape index (κ1) is 10.8. The first-order valence-corrected chi connectivity index (χ1v) is 5.37. The molecule has 0 saturated carbocycles. The van der Waals surface area contributed by atoms with Gasteiger partial charge in [0.1, 0.15) is 0 Å². The third-order valence-corrected chi connectivity index (χ3v) is 2.60. The Morgan fingerprint density at radius 3 is 2.44 bits per heavy atom. The van der Waals surface area contributed by atoms with Crippen LogP contribution in [0.3, 0.4) is 0 Å². The number of hydrogen-bond donors (Lipinski definition) is 1. The van der Waals surface area contributed by atoms with E-state index in [2.05, 4.69) is 29.2 Å². The molecule has 1 aromatic heterocycles. The third kappa shape index (κ3) is 2.28. The number of benzene rings is 1. The monoisotopic (exact) mass is 212 g/mol. The summed E-state index contributed by atoms with van der Waals surface area (Å²) in [6.45, 7) is 4.02. The average Bonchev–Trinajstić information content (AvgIpc) is 2.29. The minimum absolute atomic E-state index is 0.307. The van der Waals surface area contributed by atoms with Crippen molar-refractivity contribution < 1.29 is 0 Å².